The van der Waals surface area contributed by atoms with Crippen LogP contribution in [0.25, 0.3) is 0 Å². The monoisotopic (exact) mass is 285 g/mol. The van der Waals surface area contributed by atoms with E-state index in [4.69, 9.17) is 4.74 Å². The van der Waals surface area contributed by atoms with Gasteiger partial charge in [0.05, 0.1) is 11.1 Å². The van der Waals surface area contributed by atoms with Crippen molar-refractivity contribution in [2.24, 2.45) is 5.92 Å². The van der Waals surface area contributed by atoms with Crippen molar-refractivity contribution in [2.45, 2.75) is 27.3 Å². The van der Waals surface area contributed by atoms with Crippen LogP contribution >= 0.6 is 15.9 Å². The van der Waals surface area contributed by atoms with E-state index < -0.39 is 0 Å². The van der Waals surface area contributed by atoms with E-state index in [-0.39, 0.29) is 0 Å². The van der Waals surface area contributed by atoms with Crippen molar-refractivity contribution >= 4 is 15.9 Å². The maximum absolute atomic E-state index is 5.47. The molecule has 2 nitrogen and oxygen atoms in total. The molecular formula is C13H20BrNO. The Balaban J connectivity index is 2.52. The van der Waals surface area contributed by atoms with Crippen molar-refractivity contribution in [1.29, 1.82) is 0 Å². The molecule has 0 saturated carbocycles. The minimum Gasteiger partial charge on any atom is -0.493 e. The zero-order valence-electron chi connectivity index (χ0n) is 10.2. The predicted molar refractivity (Wildman–Crippen MR) is 71.9 cm³/mol. The summed E-state index contributed by atoms with van der Waals surface area (Å²) in [5.41, 5.74) is 1.27. The van der Waals surface area contributed by atoms with E-state index in [1.807, 2.05) is 13.0 Å². The van der Waals surface area contributed by atoms with Gasteiger partial charge in [0, 0.05) is 6.54 Å². The van der Waals surface area contributed by atoms with Crippen molar-refractivity contribution < 1.29 is 4.74 Å². The fraction of sp³-hybridized carbons (Fsp3) is 0.538. The highest BCUT2D eigenvalue weighted by Gasteiger charge is 2.02. The molecule has 1 aromatic carbocycles. The molecule has 0 radical (unpaired) electrons. The third kappa shape index (κ3) is 4.54. The SMILES string of the molecule is CCOc1ccc(CNCC(C)C)cc1Br. The van der Waals surface area contributed by atoms with Gasteiger partial charge in [0.15, 0.2) is 0 Å². The molecule has 0 spiro atoms. The van der Waals surface area contributed by atoms with Gasteiger partial charge in [0.1, 0.15) is 5.75 Å². The molecule has 0 aliphatic rings. The second-order valence-corrected chi connectivity index (χ2v) is 5.08. The second kappa shape index (κ2) is 6.92. The van der Waals surface area contributed by atoms with Crippen LogP contribution in [0, 0.1) is 5.92 Å². The van der Waals surface area contributed by atoms with Gasteiger partial charge >= 0.3 is 0 Å². The summed E-state index contributed by atoms with van der Waals surface area (Å²) >= 11 is 3.52. The Labute approximate surface area is 107 Å². The van der Waals surface area contributed by atoms with Crippen LogP contribution < -0.4 is 10.1 Å². The fourth-order valence-corrected chi connectivity index (χ4v) is 1.97. The quantitative estimate of drug-likeness (QED) is 0.862. The third-order valence-electron chi connectivity index (χ3n) is 2.18. The zero-order valence-corrected chi connectivity index (χ0v) is 11.8. The van der Waals surface area contributed by atoms with Crippen LogP contribution in [0.4, 0.5) is 0 Å². The highest BCUT2D eigenvalue weighted by molar-refractivity contribution is 9.10. The standard InChI is InChI=1S/C13H20BrNO/c1-4-16-13-6-5-11(7-12(13)14)9-15-8-10(2)3/h5-7,10,15H,4,8-9H2,1-3H3. The van der Waals surface area contributed by atoms with Gasteiger partial charge in [0.2, 0.25) is 0 Å². The van der Waals surface area contributed by atoms with Gasteiger partial charge in [-0.25, -0.2) is 0 Å². The average molecular weight is 286 g/mol. The first-order chi connectivity index (χ1) is 7.63. The Morgan fingerprint density at radius 3 is 2.69 bits per heavy atom. The lowest BCUT2D eigenvalue weighted by Gasteiger charge is -2.10. The summed E-state index contributed by atoms with van der Waals surface area (Å²) in [6.45, 7) is 9.06. The van der Waals surface area contributed by atoms with Crippen LogP contribution in [0.5, 0.6) is 5.75 Å². The van der Waals surface area contributed by atoms with Crippen LogP contribution in [0.2, 0.25) is 0 Å². The molecular weight excluding hydrogens is 266 g/mol. The average Bonchev–Trinajstić information content (AvgIpc) is 2.21. The van der Waals surface area contributed by atoms with Crippen LogP contribution in [0.3, 0.4) is 0 Å². The molecule has 0 unspecified atom stereocenters. The molecule has 3 heteroatoms. The first-order valence-corrected chi connectivity index (χ1v) is 6.54. The molecule has 0 saturated heterocycles. The van der Waals surface area contributed by atoms with Crippen molar-refractivity contribution in [3.63, 3.8) is 0 Å². The Kier molecular flexibility index (Phi) is 5.85. The van der Waals surface area contributed by atoms with E-state index in [0.717, 1.165) is 23.3 Å². The molecule has 90 valence electrons. The smallest absolute Gasteiger partial charge is 0.133 e. The molecule has 1 aromatic rings. The number of halogens is 1. The maximum Gasteiger partial charge on any atom is 0.133 e. The van der Waals surface area contributed by atoms with Crippen molar-refractivity contribution in [3.8, 4) is 5.75 Å². The van der Waals surface area contributed by atoms with E-state index in [9.17, 15) is 0 Å². The third-order valence-corrected chi connectivity index (χ3v) is 2.80. The molecule has 0 aliphatic carbocycles. The largest absolute Gasteiger partial charge is 0.493 e. The van der Waals surface area contributed by atoms with E-state index in [1.165, 1.54) is 5.56 Å². The van der Waals surface area contributed by atoms with E-state index in [2.05, 4.69) is 47.2 Å². The first-order valence-electron chi connectivity index (χ1n) is 5.75. The van der Waals surface area contributed by atoms with Crippen LogP contribution in [0.15, 0.2) is 22.7 Å². The number of benzene rings is 1. The van der Waals surface area contributed by atoms with Crippen LogP contribution in [0.1, 0.15) is 26.3 Å². The lowest BCUT2D eigenvalue weighted by molar-refractivity contribution is 0.338. The summed E-state index contributed by atoms with van der Waals surface area (Å²) in [4.78, 5) is 0. The highest BCUT2D eigenvalue weighted by Crippen LogP contribution is 2.25. The zero-order chi connectivity index (χ0) is 12.0. The minimum atomic E-state index is 0.686. The van der Waals surface area contributed by atoms with E-state index in [0.29, 0.717) is 12.5 Å². The van der Waals surface area contributed by atoms with E-state index >= 15 is 0 Å². The number of ether oxygens (including phenoxy) is 1. The van der Waals surface area contributed by atoms with Crippen molar-refractivity contribution in [3.05, 3.63) is 28.2 Å². The van der Waals surface area contributed by atoms with Gasteiger partial charge in [0.25, 0.3) is 0 Å². The van der Waals surface area contributed by atoms with Crippen LogP contribution in [-0.4, -0.2) is 13.2 Å². The number of hydrogen-bond acceptors (Lipinski definition) is 2. The summed E-state index contributed by atoms with van der Waals surface area (Å²) in [5, 5.41) is 3.42. The lowest BCUT2D eigenvalue weighted by Crippen LogP contribution is -2.18. The Morgan fingerprint density at radius 2 is 2.12 bits per heavy atom. The van der Waals surface area contributed by atoms with Gasteiger partial charge in [-0.05, 0) is 53.0 Å². The van der Waals surface area contributed by atoms with Gasteiger partial charge < -0.3 is 10.1 Å². The van der Waals surface area contributed by atoms with Crippen LogP contribution in [-0.2, 0) is 6.54 Å². The molecule has 0 bridgehead atoms. The Bertz CT molecular complexity index is 326. The minimum absolute atomic E-state index is 0.686. The predicted octanol–water partition coefficient (Wildman–Crippen LogP) is 3.59. The lowest BCUT2D eigenvalue weighted by atomic mass is 10.2. The molecule has 0 heterocycles. The molecule has 0 amide bonds. The van der Waals surface area contributed by atoms with Gasteiger partial charge in [-0.1, -0.05) is 19.9 Å². The summed E-state index contributed by atoms with van der Waals surface area (Å²) < 4.78 is 6.49. The number of rotatable bonds is 6. The summed E-state index contributed by atoms with van der Waals surface area (Å²) in [5.74, 6) is 1.60. The molecule has 1 rings (SSSR count). The molecule has 0 aromatic heterocycles. The number of nitrogens with one attached hydrogen (secondary N) is 1. The molecule has 0 aliphatic heterocycles. The molecule has 1 N–H and O–H groups in total. The number of hydrogen-bond donors (Lipinski definition) is 1. The van der Waals surface area contributed by atoms with Gasteiger partial charge in [-0.3, -0.25) is 0 Å². The van der Waals surface area contributed by atoms with Gasteiger partial charge in [-0.2, -0.15) is 0 Å². The Morgan fingerprint density at radius 1 is 1.38 bits per heavy atom. The summed E-state index contributed by atoms with van der Waals surface area (Å²) in [6.07, 6.45) is 0. The highest BCUT2D eigenvalue weighted by atomic mass is 79.9. The fourth-order valence-electron chi connectivity index (χ4n) is 1.43. The topological polar surface area (TPSA) is 21.3 Å². The Hall–Kier alpha value is -0.540. The molecule has 0 fully saturated rings. The summed E-state index contributed by atoms with van der Waals surface area (Å²) in [7, 11) is 0. The van der Waals surface area contributed by atoms with Crippen molar-refractivity contribution in [1.82, 2.24) is 5.32 Å². The van der Waals surface area contributed by atoms with E-state index in [1.54, 1.807) is 0 Å². The maximum atomic E-state index is 5.47. The van der Waals surface area contributed by atoms with Crippen molar-refractivity contribution in [2.75, 3.05) is 13.2 Å². The molecule has 0 atom stereocenters. The second-order valence-electron chi connectivity index (χ2n) is 4.22. The normalized spacial score (nSPS) is 10.8. The first kappa shape index (κ1) is 13.5. The summed E-state index contributed by atoms with van der Waals surface area (Å²) in [6, 6.07) is 6.22. The molecule has 16 heavy (non-hydrogen) atoms. The van der Waals surface area contributed by atoms with Gasteiger partial charge in [-0.15, -0.1) is 0 Å².